The third-order valence-electron chi connectivity index (χ3n) is 5.91. The number of anilines is 1. The van der Waals surface area contributed by atoms with Gasteiger partial charge in [-0.2, -0.15) is 5.26 Å². The van der Waals surface area contributed by atoms with Gasteiger partial charge in [-0.3, -0.25) is 9.59 Å². The number of thiophene rings is 1. The van der Waals surface area contributed by atoms with Crippen molar-refractivity contribution >= 4 is 45.4 Å². The smallest absolute Gasteiger partial charge is 0.271 e. The molecule has 0 spiro atoms. The lowest BCUT2D eigenvalue weighted by molar-refractivity contribution is 0.0751. The fourth-order valence-electron chi connectivity index (χ4n) is 4.30. The lowest BCUT2D eigenvalue weighted by Crippen LogP contribution is -2.49. The van der Waals surface area contributed by atoms with Crippen molar-refractivity contribution in [1.29, 1.82) is 5.26 Å². The number of hydrogen-bond donors (Lipinski definition) is 0. The number of pyridine rings is 1. The topological polar surface area (TPSA) is 72.6 Å². The molecule has 0 aliphatic carbocycles. The largest absolute Gasteiger partial charge is 0.366 e. The minimum atomic E-state index is -0.279. The molecule has 3 aromatic rings. The van der Waals surface area contributed by atoms with Crippen LogP contribution >= 0.6 is 22.9 Å². The second kappa shape index (κ2) is 9.96. The van der Waals surface area contributed by atoms with E-state index in [1.54, 1.807) is 10.6 Å². The summed E-state index contributed by atoms with van der Waals surface area (Å²) in [6.07, 6.45) is 0.790. The number of hydrogen-bond acceptors (Lipinski definition) is 6. The van der Waals surface area contributed by atoms with E-state index in [9.17, 15) is 14.9 Å². The van der Waals surface area contributed by atoms with Crippen LogP contribution in [0.3, 0.4) is 0 Å². The Morgan fingerprint density at radius 2 is 1.97 bits per heavy atom. The number of nitrogens with zero attached hydrogens (tertiary/aromatic N) is 5. The van der Waals surface area contributed by atoms with Gasteiger partial charge >= 0.3 is 0 Å². The summed E-state index contributed by atoms with van der Waals surface area (Å²) in [4.78, 5) is 32.8. The van der Waals surface area contributed by atoms with Crippen LogP contribution in [0.2, 0.25) is 5.02 Å². The molecule has 0 bridgehead atoms. The van der Waals surface area contributed by atoms with E-state index >= 15 is 0 Å². The molecule has 0 saturated carbocycles. The van der Waals surface area contributed by atoms with Crippen molar-refractivity contribution in [3.8, 4) is 6.07 Å². The van der Waals surface area contributed by atoms with E-state index in [4.69, 9.17) is 11.6 Å². The van der Waals surface area contributed by atoms with Crippen LogP contribution in [0.15, 0.2) is 40.5 Å². The first-order valence-corrected chi connectivity index (χ1v) is 12.1. The van der Waals surface area contributed by atoms with E-state index < -0.39 is 0 Å². The summed E-state index contributed by atoms with van der Waals surface area (Å²) >= 11 is 7.77. The number of aromatic nitrogens is 1. The van der Waals surface area contributed by atoms with Crippen LogP contribution in [0.25, 0.3) is 10.9 Å². The number of fused-ring (bicyclic) bond motifs is 1. The molecule has 0 unspecified atom stereocenters. The Labute approximate surface area is 202 Å². The van der Waals surface area contributed by atoms with Crippen LogP contribution < -0.4 is 10.5 Å². The quantitative estimate of drug-likeness (QED) is 0.536. The van der Waals surface area contributed by atoms with Crippen molar-refractivity contribution in [1.82, 2.24) is 14.4 Å². The first-order chi connectivity index (χ1) is 15.9. The van der Waals surface area contributed by atoms with Gasteiger partial charge in [-0.15, -0.1) is 11.3 Å². The van der Waals surface area contributed by atoms with Gasteiger partial charge in [-0.25, -0.2) is 0 Å². The van der Waals surface area contributed by atoms with E-state index in [1.807, 2.05) is 53.5 Å². The van der Waals surface area contributed by atoms with Crippen molar-refractivity contribution in [3.63, 3.8) is 0 Å². The number of halogens is 1. The molecule has 2 aromatic heterocycles. The van der Waals surface area contributed by atoms with Gasteiger partial charge in [0.2, 0.25) is 0 Å². The number of amides is 1. The molecule has 4 rings (SSSR count). The fourth-order valence-corrected chi connectivity index (χ4v) is 5.16. The number of piperazine rings is 1. The van der Waals surface area contributed by atoms with Gasteiger partial charge in [0.25, 0.3) is 11.5 Å². The highest BCUT2D eigenvalue weighted by Gasteiger charge is 2.27. The van der Waals surface area contributed by atoms with E-state index in [1.165, 1.54) is 11.3 Å². The first-order valence-electron chi connectivity index (χ1n) is 10.9. The molecule has 172 valence electrons. The summed E-state index contributed by atoms with van der Waals surface area (Å²) < 4.78 is 1.69. The average molecular weight is 484 g/mol. The molecular formula is C24H26ClN5O2S. The molecule has 9 heteroatoms. The third-order valence-corrected chi connectivity index (χ3v) is 7.01. The lowest BCUT2D eigenvalue weighted by Gasteiger charge is -2.37. The van der Waals surface area contributed by atoms with Crippen LogP contribution in [0.4, 0.5) is 5.69 Å². The van der Waals surface area contributed by atoms with Gasteiger partial charge in [-0.1, -0.05) is 17.7 Å². The molecule has 0 atom stereocenters. The molecule has 0 N–H and O–H groups in total. The van der Waals surface area contributed by atoms with Crippen LogP contribution in [-0.2, 0) is 6.54 Å². The normalized spacial score (nSPS) is 14.2. The zero-order valence-corrected chi connectivity index (χ0v) is 20.3. The van der Waals surface area contributed by atoms with Gasteiger partial charge in [0, 0.05) is 43.1 Å². The summed E-state index contributed by atoms with van der Waals surface area (Å²) in [6.45, 7) is 3.48. The van der Waals surface area contributed by atoms with E-state index in [-0.39, 0.29) is 17.0 Å². The van der Waals surface area contributed by atoms with Gasteiger partial charge in [0.1, 0.15) is 11.6 Å². The first kappa shape index (κ1) is 23.3. The third kappa shape index (κ3) is 4.76. The zero-order valence-electron chi connectivity index (χ0n) is 18.8. The van der Waals surface area contributed by atoms with Crippen LogP contribution in [0.1, 0.15) is 21.7 Å². The van der Waals surface area contributed by atoms with Crippen molar-refractivity contribution in [3.05, 3.63) is 61.5 Å². The zero-order chi connectivity index (χ0) is 23.5. The molecule has 1 aromatic carbocycles. The molecule has 1 aliphatic heterocycles. The molecule has 1 amide bonds. The van der Waals surface area contributed by atoms with E-state index in [0.29, 0.717) is 43.4 Å². The van der Waals surface area contributed by atoms with Crippen LogP contribution in [-0.4, -0.2) is 67.1 Å². The Morgan fingerprint density at radius 3 is 2.61 bits per heavy atom. The van der Waals surface area contributed by atoms with Gasteiger partial charge in [0.05, 0.1) is 16.1 Å². The maximum Gasteiger partial charge on any atom is 0.271 e. The number of benzene rings is 1. The van der Waals surface area contributed by atoms with Crippen LogP contribution in [0.5, 0.6) is 0 Å². The summed E-state index contributed by atoms with van der Waals surface area (Å²) in [7, 11) is 3.99. The highest BCUT2D eigenvalue weighted by atomic mass is 35.5. The van der Waals surface area contributed by atoms with Gasteiger partial charge in [0.15, 0.2) is 0 Å². The molecule has 7 nitrogen and oxygen atoms in total. The molecule has 0 radical (unpaired) electrons. The monoisotopic (exact) mass is 483 g/mol. The maximum absolute atomic E-state index is 13.4. The highest BCUT2D eigenvalue weighted by Crippen LogP contribution is 2.32. The highest BCUT2D eigenvalue weighted by molar-refractivity contribution is 7.12. The Bertz CT molecular complexity index is 1250. The van der Waals surface area contributed by atoms with Crippen LogP contribution in [0, 0.1) is 11.3 Å². The van der Waals surface area contributed by atoms with Crippen molar-refractivity contribution in [2.75, 3.05) is 51.7 Å². The van der Waals surface area contributed by atoms with Crippen molar-refractivity contribution in [2.24, 2.45) is 0 Å². The predicted molar refractivity (Wildman–Crippen MR) is 134 cm³/mol. The number of carbonyl (C=O) groups is 1. The predicted octanol–water partition coefficient (Wildman–Crippen LogP) is 3.50. The Kier molecular flexibility index (Phi) is 7.03. The molecular weight excluding hydrogens is 458 g/mol. The SMILES string of the molecule is CN(C)CCCn1c(=O)c(C#N)c(N2CCN(C(=O)c3cccs3)CC2)c2cc(Cl)ccc21. The Morgan fingerprint density at radius 1 is 1.21 bits per heavy atom. The number of rotatable bonds is 6. The van der Waals surface area contributed by atoms with Gasteiger partial charge < -0.3 is 19.3 Å². The molecule has 1 aliphatic rings. The molecule has 1 saturated heterocycles. The Hall–Kier alpha value is -2.86. The summed E-state index contributed by atoms with van der Waals surface area (Å²) in [6, 6.07) is 11.3. The van der Waals surface area contributed by atoms with E-state index in [0.717, 1.165) is 28.7 Å². The second-order valence-electron chi connectivity index (χ2n) is 8.37. The van der Waals surface area contributed by atoms with E-state index in [2.05, 4.69) is 11.0 Å². The van der Waals surface area contributed by atoms with Crippen molar-refractivity contribution < 1.29 is 4.79 Å². The lowest BCUT2D eigenvalue weighted by atomic mass is 10.1. The maximum atomic E-state index is 13.4. The standard InChI is InChI=1S/C24H26ClN5O2S/c1-27(2)8-4-9-30-20-7-6-17(25)15-18(20)22(19(16-26)23(30)31)28-10-12-29(13-11-28)24(32)21-5-3-14-33-21/h3,5-7,14-15H,4,8-13H2,1-2H3. The number of nitriles is 1. The minimum Gasteiger partial charge on any atom is -0.366 e. The fraction of sp³-hybridized carbons (Fsp3) is 0.375. The summed E-state index contributed by atoms with van der Waals surface area (Å²) in [5.41, 5.74) is 1.24. The molecule has 33 heavy (non-hydrogen) atoms. The number of aryl methyl sites for hydroxylation is 1. The van der Waals surface area contributed by atoms with Crippen molar-refractivity contribution in [2.45, 2.75) is 13.0 Å². The minimum absolute atomic E-state index is 0.0226. The van der Waals surface area contributed by atoms with Gasteiger partial charge in [-0.05, 0) is 56.7 Å². The average Bonchev–Trinajstić information content (AvgIpc) is 3.34. The molecule has 1 fully saturated rings. The number of carbonyl (C=O) groups excluding carboxylic acids is 1. The molecule has 3 heterocycles. The summed E-state index contributed by atoms with van der Waals surface area (Å²) in [5, 5.41) is 13.2. The Balaban J connectivity index is 1.69. The second-order valence-corrected chi connectivity index (χ2v) is 9.75. The summed E-state index contributed by atoms with van der Waals surface area (Å²) in [5.74, 6) is 0.0226.